The molecule has 0 fully saturated rings. The number of amides is 1. The van der Waals surface area contributed by atoms with Crippen LogP contribution in [0.2, 0.25) is 0 Å². The molecule has 9 heteroatoms. The maximum absolute atomic E-state index is 13.4. The van der Waals surface area contributed by atoms with Crippen molar-refractivity contribution in [1.29, 1.82) is 0 Å². The van der Waals surface area contributed by atoms with Crippen LogP contribution in [0, 0.1) is 0 Å². The van der Waals surface area contributed by atoms with Crippen LogP contribution in [-0.4, -0.2) is 39.9 Å². The SMILES string of the molecule is CC(C)c1cccc(OCC(=O)NCCC(O)(c2nccn2C)C(F)(F)F)c1. The second-order valence-electron chi connectivity index (χ2n) is 6.84. The van der Waals surface area contributed by atoms with E-state index in [1.54, 1.807) is 18.2 Å². The number of nitrogens with zero attached hydrogens (tertiary/aromatic N) is 2. The van der Waals surface area contributed by atoms with Crippen molar-refractivity contribution in [3.8, 4) is 5.75 Å². The molecule has 0 radical (unpaired) electrons. The molecule has 0 spiro atoms. The molecule has 154 valence electrons. The Morgan fingerprint density at radius 1 is 1.36 bits per heavy atom. The Labute approximate surface area is 161 Å². The van der Waals surface area contributed by atoms with Gasteiger partial charge in [-0.25, -0.2) is 4.98 Å². The zero-order valence-electron chi connectivity index (χ0n) is 16.0. The van der Waals surface area contributed by atoms with Crippen LogP contribution < -0.4 is 10.1 Å². The topological polar surface area (TPSA) is 76.4 Å². The highest BCUT2D eigenvalue weighted by Crippen LogP contribution is 2.40. The summed E-state index contributed by atoms with van der Waals surface area (Å²) in [5.74, 6) is -0.319. The largest absolute Gasteiger partial charge is 0.484 e. The van der Waals surface area contributed by atoms with Gasteiger partial charge in [0.1, 0.15) is 11.6 Å². The minimum Gasteiger partial charge on any atom is -0.484 e. The van der Waals surface area contributed by atoms with Gasteiger partial charge in [0, 0.05) is 32.4 Å². The fourth-order valence-electron chi connectivity index (χ4n) is 2.69. The van der Waals surface area contributed by atoms with Crippen LogP contribution in [0.4, 0.5) is 13.2 Å². The molecule has 1 aromatic heterocycles. The second kappa shape index (κ2) is 8.64. The van der Waals surface area contributed by atoms with E-state index in [9.17, 15) is 23.1 Å². The molecule has 1 heterocycles. The Balaban J connectivity index is 1.91. The molecule has 0 saturated heterocycles. The van der Waals surface area contributed by atoms with Crippen LogP contribution in [0.5, 0.6) is 5.75 Å². The standard InChI is InChI=1S/C19H24F3N3O3/c1-13(2)14-5-4-6-15(11-14)28-12-16(26)23-8-7-18(27,19(20,21)22)17-24-9-10-25(17)3/h4-6,9-11,13,27H,7-8,12H2,1-3H3,(H,23,26). The number of aromatic nitrogens is 2. The lowest BCUT2D eigenvalue weighted by Crippen LogP contribution is -2.47. The summed E-state index contributed by atoms with van der Waals surface area (Å²) in [7, 11) is 1.36. The molecule has 2 rings (SSSR count). The first kappa shape index (κ1) is 21.7. The van der Waals surface area contributed by atoms with Gasteiger partial charge in [-0.05, 0) is 23.6 Å². The second-order valence-corrected chi connectivity index (χ2v) is 6.84. The van der Waals surface area contributed by atoms with Gasteiger partial charge in [-0.3, -0.25) is 4.79 Å². The van der Waals surface area contributed by atoms with Gasteiger partial charge in [0.25, 0.3) is 5.91 Å². The Morgan fingerprint density at radius 3 is 2.64 bits per heavy atom. The zero-order chi connectivity index (χ0) is 20.9. The number of hydrogen-bond donors (Lipinski definition) is 2. The molecule has 2 N–H and O–H groups in total. The summed E-state index contributed by atoms with van der Waals surface area (Å²) in [5.41, 5.74) is -2.12. The number of alkyl halides is 3. The number of aliphatic hydroxyl groups is 1. The van der Waals surface area contributed by atoms with Gasteiger partial charge in [-0.1, -0.05) is 26.0 Å². The van der Waals surface area contributed by atoms with E-state index in [2.05, 4.69) is 10.3 Å². The van der Waals surface area contributed by atoms with Gasteiger partial charge in [0.2, 0.25) is 5.60 Å². The van der Waals surface area contributed by atoms with Crippen molar-refractivity contribution in [3.63, 3.8) is 0 Å². The number of benzene rings is 1. The van der Waals surface area contributed by atoms with Crippen LogP contribution in [0.25, 0.3) is 0 Å². The third-order valence-corrected chi connectivity index (χ3v) is 4.36. The summed E-state index contributed by atoms with van der Waals surface area (Å²) in [5, 5.41) is 12.5. The molecule has 0 saturated carbocycles. The fraction of sp³-hybridized carbons (Fsp3) is 0.474. The average molecular weight is 399 g/mol. The quantitative estimate of drug-likeness (QED) is 0.716. The molecule has 0 bridgehead atoms. The van der Waals surface area contributed by atoms with Gasteiger partial charge >= 0.3 is 6.18 Å². The molecular weight excluding hydrogens is 375 g/mol. The van der Waals surface area contributed by atoms with Crippen molar-refractivity contribution in [2.75, 3.05) is 13.2 Å². The third-order valence-electron chi connectivity index (χ3n) is 4.36. The predicted octanol–water partition coefficient (Wildman–Crippen LogP) is 2.88. The third kappa shape index (κ3) is 5.03. The van der Waals surface area contributed by atoms with Crippen LogP contribution in [0.1, 0.15) is 37.6 Å². The van der Waals surface area contributed by atoms with Crippen LogP contribution >= 0.6 is 0 Å². The smallest absolute Gasteiger partial charge is 0.424 e. The molecule has 1 aromatic carbocycles. The molecule has 1 unspecified atom stereocenters. The first-order valence-electron chi connectivity index (χ1n) is 8.81. The molecule has 0 aliphatic carbocycles. The number of nitrogens with one attached hydrogen (secondary N) is 1. The van der Waals surface area contributed by atoms with Crippen molar-refractivity contribution in [3.05, 3.63) is 48.0 Å². The summed E-state index contributed by atoms with van der Waals surface area (Å²) in [4.78, 5) is 15.5. The first-order valence-corrected chi connectivity index (χ1v) is 8.81. The van der Waals surface area contributed by atoms with E-state index in [1.165, 1.54) is 19.4 Å². The van der Waals surface area contributed by atoms with Crippen LogP contribution in [0.3, 0.4) is 0 Å². The maximum atomic E-state index is 13.4. The summed E-state index contributed by atoms with van der Waals surface area (Å²) in [6.07, 6.45) is -3.23. The highest BCUT2D eigenvalue weighted by Gasteiger charge is 2.57. The summed E-state index contributed by atoms with van der Waals surface area (Å²) >= 11 is 0. The van der Waals surface area contributed by atoms with Gasteiger partial charge in [0.05, 0.1) is 0 Å². The van der Waals surface area contributed by atoms with E-state index in [-0.39, 0.29) is 6.61 Å². The Bertz CT molecular complexity index is 805. The van der Waals surface area contributed by atoms with E-state index in [0.717, 1.165) is 10.1 Å². The monoisotopic (exact) mass is 399 g/mol. The molecular formula is C19H24F3N3O3. The van der Waals surface area contributed by atoms with Crippen LogP contribution in [-0.2, 0) is 17.4 Å². The molecule has 2 aromatic rings. The van der Waals surface area contributed by atoms with Gasteiger partial charge in [-0.15, -0.1) is 0 Å². The molecule has 0 aliphatic rings. The summed E-state index contributed by atoms with van der Waals surface area (Å²) in [6.45, 7) is 3.32. The number of ether oxygens (including phenoxy) is 1. The maximum Gasteiger partial charge on any atom is 0.424 e. The van der Waals surface area contributed by atoms with Gasteiger partial charge < -0.3 is 19.7 Å². The minimum absolute atomic E-state index is 0.295. The van der Waals surface area contributed by atoms with Gasteiger partial charge in [0.15, 0.2) is 6.61 Å². The van der Waals surface area contributed by atoms with Gasteiger partial charge in [-0.2, -0.15) is 13.2 Å². The van der Waals surface area contributed by atoms with Crippen molar-refractivity contribution in [2.24, 2.45) is 7.05 Å². The zero-order valence-corrected chi connectivity index (χ0v) is 16.0. The lowest BCUT2D eigenvalue weighted by molar-refractivity contribution is -0.272. The Hall–Kier alpha value is -2.55. The van der Waals surface area contributed by atoms with Crippen LogP contribution in [0.15, 0.2) is 36.7 Å². The van der Waals surface area contributed by atoms with Crippen molar-refractivity contribution < 1.29 is 27.8 Å². The Kier molecular flexibility index (Phi) is 6.71. The number of rotatable bonds is 8. The number of carbonyl (C=O) groups is 1. The van der Waals surface area contributed by atoms with Crippen molar-refractivity contribution >= 4 is 5.91 Å². The number of hydrogen-bond acceptors (Lipinski definition) is 4. The fourth-order valence-corrected chi connectivity index (χ4v) is 2.69. The van der Waals surface area contributed by atoms with E-state index >= 15 is 0 Å². The highest BCUT2D eigenvalue weighted by atomic mass is 19.4. The molecule has 1 atom stereocenters. The van der Waals surface area contributed by atoms with Crippen molar-refractivity contribution in [2.45, 2.75) is 38.0 Å². The van der Waals surface area contributed by atoms with E-state index in [1.807, 2.05) is 19.9 Å². The average Bonchev–Trinajstić information content (AvgIpc) is 3.05. The highest BCUT2D eigenvalue weighted by molar-refractivity contribution is 5.77. The van der Waals surface area contributed by atoms with E-state index in [0.29, 0.717) is 11.7 Å². The summed E-state index contributed by atoms with van der Waals surface area (Å²) < 4.78 is 46.7. The molecule has 28 heavy (non-hydrogen) atoms. The molecule has 6 nitrogen and oxygen atoms in total. The number of imidazole rings is 1. The molecule has 0 aliphatic heterocycles. The Morgan fingerprint density at radius 2 is 2.07 bits per heavy atom. The normalized spacial score (nSPS) is 14.0. The first-order chi connectivity index (χ1) is 13.0. The molecule has 1 amide bonds. The minimum atomic E-state index is -4.94. The predicted molar refractivity (Wildman–Crippen MR) is 96.8 cm³/mol. The lowest BCUT2D eigenvalue weighted by atomic mass is 9.97. The number of aryl methyl sites for hydroxylation is 1. The van der Waals surface area contributed by atoms with E-state index in [4.69, 9.17) is 4.74 Å². The van der Waals surface area contributed by atoms with Crippen molar-refractivity contribution in [1.82, 2.24) is 14.9 Å². The summed E-state index contributed by atoms with van der Waals surface area (Å²) in [6, 6.07) is 7.25. The lowest BCUT2D eigenvalue weighted by Gasteiger charge is -2.29. The van der Waals surface area contributed by atoms with E-state index < -0.39 is 36.5 Å². The number of halogens is 3. The number of carbonyl (C=O) groups excluding carboxylic acids is 1.